The fourth-order valence-corrected chi connectivity index (χ4v) is 5.09. The van der Waals surface area contributed by atoms with Crippen LogP contribution in [0, 0.1) is 11.8 Å². The minimum absolute atomic E-state index is 0.214. The van der Waals surface area contributed by atoms with Gasteiger partial charge in [-0.1, -0.05) is 0 Å². The molecule has 0 aromatic heterocycles. The Morgan fingerprint density at radius 2 is 2.05 bits per heavy atom. The molecule has 8 heteroatoms. The van der Waals surface area contributed by atoms with Gasteiger partial charge in [-0.2, -0.15) is 0 Å². The number of nitrogens with zero attached hydrogens (tertiary/aromatic N) is 1. The van der Waals surface area contributed by atoms with Crippen molar-refractivity contribution >= 4 is 41.5 Å². The van der Waals surface area contributed by atoms with Gasteiger partial charge in [-0.25, -0.2) is 9.69 Å². The number of thioether (sulfide) groups is 2. The maximum atomic E-state index is 12.6. The highest BCUT2D eigenvalue weighted by atomic mass is 32.2. The van der Waals surface area contributed by atoms with Crippen molar-refractivity contribution in [3.05, 3.63) is 0 Å². The summed E-state index contributed by atoms with van der Waals surface area (Å²) in [5, 5.41) is 0. The van der Waals surface area contributed by atoms with Gasteiger partial charge in [0, 0.05) is 0 Å². The number of carbonyl (C=O) groups is 3. The molecule has 0 radical (unpaired) electrons. The molecule has 1 aliphatic carbocycles. The molecule has 0 unspecified atom stereocenters. The molecule has 0 aromatic rings. The van der Waals surface area contributed by atoms with Crippen LogP contribution in [0.2, 0.25) is 0 Å². The molecule has 1 saturated carbocycles. The number of esters is 1. The smallest absolute Gasteiger partial charge is 0.416 e. The quantitative estimate of drug-likeness (QED) is 0.569. The van der Waals surface area contributed by atoms with Crippen LogP contribution in [0.1, 0.15) is 6.42 Å². The summed E-state index contributed by atoms with van der Waals surface area (Å²) in [4.78, 5) is 37.0. The van der Waals surface area contributed by atoms with Crippen LogP contribution in [0.25, 0.3) is 0 Å². The van der Waals surface area contributed by atoms with Crippen molar-refractivity contribution in [3.8, 4) is 0 Å². The molecule has 2 amide bonds. The highest BCUT2D eigenvalue weighted by Crippen LogP contribution is 2.59. The second kappa shape index (κ2) is 5.85. The largest absolute Gasteiger partial charge is 0.469 e. The monoisotopic (exact) mass is 319 g/mol. The second-order valence-corrected chi connectivity index (χ2v) is 7.17. The lowest BCUT2D eigenvalue weighted by molar-refractivity contribution is -0.158. The van der Waals surface area contributed by atoms with Crippen LogP contribution in [0.3, 0.4) is 0 Å². The molecule has 1 saturated heterocycles. The van der Waals surface area contributed by atoms with E-state index in [0.29, 0.717) is 6.42 Å². The predicted octanol–water partition coefficient (Wildman–Crippen LogP) is 1.20. The van der Waals surface area contributed by atoms with Gasteiger partial charge in [-0.05, 0) is 18.9 Å². The molecule has 1 heterocycles. The van der Waals surface area contributed by atoms with Crippen molar-refractivity contribution in [2.45, 2.75) is 10.5 Å². The average Bonchev–Trinajstić information content (AvgIpc) is 2.85. The molecule has 0 N–H and O–H groups in total. The summed E-state index contributed by atoms with van der Waals surface area (Å²) in [6.45, 7) is 0.465. The van der Waals surface area contributed by atoms with Crippen molar-refractivity contribution in [1.29, 1.82) is 0 Å². The van der Waals surface area contributed by atoms with E-state index >= 15 is 0 Å². The molecule has 0 aromatic carbocycles. The van der Waals surface area contributed by atoms with E-state index in [9.17, 15) is 14.4 Å². The molecule has 0 spiro atoms. The number of methoxy groups -OCH3 is 1. The molecular weight excluding hydrogens is 302 g/mol. The third-order valence-corrected chi connectivity index (χ3v) is 7.09. The van der Waals surface area contributed by atoms with Gasteiger partial charge < -0.3 is 9.47 Å². The van der Waals surface area contributed by atoms with E-state index in [-0.39, 0.29) is 23.1 Å². The molecule has 2 aliphatic rings. The highest BCUT2D eigenvalue weighted by molar-refractivity contribution is 8.17. The summed E-state index contributed by atoms with van der Waals surface area (Å²) in [6, 6.07) is 0. The molecule has 0 bridgehead atoms. The zero-order chi connectivity index (χ0) is 14.9. The van der Waals surface area contributed by atoms with E-state index in [1.54, 1.807) is 23.5 Å². The second-order valence-electron chi connectivity index (χ2n) is 4.64. The van der Waals surface area contributed by atoms with Crippen molar-refractivity contribution in [3.63, 3.8) is 0 Å². The Labute approximate surface area is 125 Å². The number of hydrogen-bond acceptors (Lipinski definition) is 7. The predicted molar refractivity (Wildman–Crippen MR) is 76.4 cm³/mol. The average molecular weight is 319 g/mol. The number of carbonyl (C=O) groups excluding carboxylic acids is 3. The molecule has 6 nitrogen and oxygen atoms in total. The van der Waals surface area contributed by atoms with Crippen molar-refractivity contribution in [2.24, 2.45) is 11.8 Å². The van der Waals surface area contributed by atoms with Gasteiger partial charge in [-0.15, -0.1) is 23.5 Å². The molecule has 2 rings (SSSR count). The van der Waals surface area contributed by atoms with Crippen LogP contribution in [0.15, 0.2) is 0 Å². The number of imide groups is 1. The summed E-state index contributed by atoms with van der Waals surface area (Å²) in [6.07, 6.45) is 3.77. The van der Waals surface area contributed by atoms with Gasteiger partial charge in [-0.3, -0.25) is 9.59 Å². The first kappa shape index (κ1) is 15.5. The van der Waals surface area contributed by atoms with Gasteiger partial charge in [0.1, 0.15) is 6.61 Å². The van der Waals surface area contributed by atoms with E-state index in [0.717, 1.165) is 4.90 Å². The third-order valence-electron chi connectivity index (χ3n) is 3.87. The lowest BCUT2D eigenvalue weighted by atomic mass is 9.71. The number of amides is 2. The number of ether oxygens (including phenoxy) is 2. The molecular formula is C12H17NO5S2. The number of hydrogen-bond donors (Lipinski definition) is 0. The van der Waals surface area contributed by atoms with Gasteiger partial charge in [0.05, 0.1) is 29.6 Å². The summed E-state index contributed by atoms with van der Waals surface area (Å²) in [5.74, 6) is -1.76. The summed E-state index contributed by atoms with van der Waals surface area (Å²) in [7, 11) is 1.31. The minimum Gasteiger partial charge on any atom is -0.469 e. The van der Waals surface area contributed by atoms with E-state index in [1.165, 1.54) is 7.11 Å². The maximum absolute atomic E-state index is 12.6. The Morgan fingerprint density at radius 3 is 2.50 bits per heavy atom. The lowest BCUT2D eigenvalue weighted by Gasteiger charge is -2.51. The molecule has 2 atom stereocenters. The Hall–Kier alpha value is -0.890. The number of rotatable bonds is 4. The minimum atomic E-state index is -0.623. The van der Waals surface area contributed by atoms with E-state index in [4.69, 9.17) is 9.47 Å². The van der Waals surface area contributed by atoms with Crippen molar-refractivity contribution in [1.82, 2.24) is 4.90 Å². The maximum Gasteiger partial charge on any atom is 0.416 e. The van der Waals surface area contributed by atoms with Gasteiger partial charge in [0.2, 0.25) is 5.91 Å². The fraction of sp³-hybridized carbons (Fsp3) is 0.750. The number of cyclic esters (lactones) is 1. The SMILES string of the molecule is COC(=O)[C@H]1CC(SC)(SC)[C@@H]1C(=O)N1CCOC1=O. The van der Waals surface area contributed by atoms with E-state index < -0.39 is 23.9 Å². The zero-order valence-electron chi connectivity index (χ0n) is 11.6. The molecule has 112 valence electrons. The highest BCUT2D eigenvalue weighted by Gasteiger charge is 2.61. The zero-order valence-corrected chi connectivity index (χ0v) is 13.2. The topological polar surface area (TPSA) is 72.9 Å². The van der Waals surface area contributed by atoms with Crippen LogP contribution in [0.4, 0.5) is 4.79 Å². The van der Waals surface area contributed by atoms with Gasteiger partial charge in [0.15, 0.2) is 0 Å². The van der Waals surface area contributed by atoms with Crippen LogP contribution in [-0.2, 0) is 19.1 Å². The van der Waals surface area contributed by atoms with E-state index in [2.05, 4.69) is 0 Å². The normalized spacial score (nSPS) is 27.8. The van der Waals surface area contributed by atoms with E-state index in [1.807, 2.05) is 12.5 Å². The van der Waals surface area contributed by atoms with Crippen LogP contribution in [-0.4, -0.2) is 59.7 Å². The first-order valence-electron chi connectivity index (χ1n) is 6.17. The molecule has 2 fully saturated rings. The standard InChI is InChI=1S/C12H17NO5S2/c1-17-10(15)7-6-12(19-2,20-3)8(7)9(14)13-4-5-18-11(13)16/h7-8H,4-6H2,1-3H3/t7-,8-/m0/s1. The lowest BCUT2D eigenvalue weighted by Crippen LogP contribution is -2.59. The third kappa shape index (κ3) is 2.28. The van der Waals surface area contributed by atoms with Gasteiger partial charge in [0.25, 0.3) is 0 Å². The Morgan fingerprint density at radius 1 is 1.40 bits per heavy atom. The Bertz CT molecular complexity index is 438. The van der Waals surface area contributed by atoms with Crippen LogP contribution < -0.4 is 0 Å². The first-order chi connectivity index (χ1) is 9.50. The molecule has 1 aliphatic heterocycles. The molecule has 20 heavy (non-hydrogen) atoms. The van der Waals surface area contributed by atoms with Crippen LogP contribution >= 0.6 is 23.5 Å². The van der Waals surface area contributed by atoms with Crippen molar-refractivity contribution in [2.75, 3.05) is 32.8 Å². The summed E-state index contributed by atoms with van der Waals surface area (Å²) >= 11 is 3.09. The van der Waals surface area contributed by atoms with Crippen molar-refractivity contribution < 1.29 is 23.9 Å². The van der Waals surface area contributed by atoms with Gasteiger partial charge >= 0.3 is 12.1 Å². The first-order valence-corrected chi connectivity index (χ1v) is 8.62. The summed E-state index contributed by atoms with van der Waals surface area (Å²) in [5.41, 5.74) is 0. The Balaban J connectivity index is 2.24. The summed E-state index contributed by atoms with van der Waals surface area (Å²) < 4.78 is 9.19. The fourth-order valence-electron chi connectivity index (χ4n) is 2.69. The Kier molecular flexibility index (Phi) is 4.53. The van der Waals surface area contributed by atoms with Crippen LogP contribution in [0.5, 0.6) is 0 Å².